The number of halogens is 2. The molecular formula is C35H32Cl2N10O5. The van der Waals surface area contributed by atoms with Crippen LogP contribution >= 0.6 is 23.2 Å². The summed E-state index contributed by atoms with van der Waals surface area (Å²) in [6, 6.07) is 16.2. The molecule has 2 aromatic carbocycles. The zero-order valence-corrected chi connectivity index (χ0v) is 29.2. The van der Waals surface area contributed by atoms with Crippen LogP contribution in [0.1, 0.15) is 41.9 Å². The molecule has 2 aliphatic rings. The highest BCUT2D eigenvalue weighted by molar-refractivity contribution is 6.32. The minimum atomic E-state index is -0.897. The normalized spacial score (nSPS) is 17.0. The Hall–Kier alpha value is -5.80. The lowest BCUT2D eigenvalue weighted by atomic mass is 9.83. The number of piperidine rings is 1. The lowest BCUT2D eigenvalue weighted by Gasteiger charge is -2.43. The molecule has 0 radical (unpaired) electrons. The molecule has 2 aliphatic heterocycles. The zero-order chi connectivity index (χ0) is 36.4. The molecule has 3 N–H and O–H groups in total. The van der Waals surface area contributed by atoms with Crippen molar-refractivity contribution in [3.05, 3.63) is 111 Å². The van der Waals surface area contributed by atoms with Crippen molar-refractivity contribution >= 4 is 52.9 Å². The van der Waals surface area contributed by atoms with Crippen LogP contribution in [0.25, 0.3) is 23.0 Å². The number of fused-ring (bicyclic) bond motifs is 4. The molecule has 0 aliphatic carbocycles. The zero-order valence-electron chi connectivity index (χ0n) is 27.7. The van der Waals surface area contributed by atoms with E-state index in [4.69, 9.17) is 28.2 Å². The van der Waals surface area contributed by atoms with Gasteiger partial charge in [-0.15, -0.1) is 5.10 Å². The van der Waals surface area contributed by atoms with Gasteiger partial charge in [0.2, 0.25) is 11.8 Å². The van der Waals surface area contributed by atoms with E-state index in [1.165, 1.54) is 24.2 Å². The monoisotopic (exact) mass is 742 g/mol. The molecule has 1 fully saturated rings. The number of imidazole rings is 1. The maximum atomic E-state index is 14.0. The Labute approximate surface area is 306 Å². The molecule has 1 saturated heterocycles. The molecule has 2 bridgehead atoms. The summed E-state index contributed by atoms with van der Waals surface area (Å²) >= 11 is 12.9. The lowest BCUT2D eigenvalue weighted by molar-refractivity contribution is -0.134. The second-order valence-electron chi connectivity index (χ2n) is 12.5. The number of amides is 3. The summed E-state index contributed by atoms with van der Waals surface area (Å²) in [5.74, 6) is -0.261. The first-order valence-corrected chi connectivity index (χ1v) is 17.1. The molecule has 266 valence electrons. The molecule has 7 rings (SSSR count). The van der Waals surface area contributed by atoms with Crippen LogP contribution in [0.15, 0.2) is 77.9 Å². The van der Waals surface area contributed by atoms with Crippen LogP contribution in [0.4, 0.5) is 10.5 Å². The number of carbonyl (C=O) groups excluding carboxylic acids is 3. The van der Waals surface area contributed by atoms with Crippen molar-refractivity contribution in [2.45, 2.75) is 31.3 Å². The summed E-state index contributed by atoms with van der Waals surface area (Å²) in [7, 11) is 1.27. The molecule has 0 unspecified atom stereocenters. The number of pyridine rings is 1. The molecule has 52 heavy (non-hydrogen) atoms. The second kappa shape index (κ2) is 14.8. The third-order valence-electron chi connectivity index (χ3n) is 9.13. The van der Waals surface area contributed by atoms with Gasteiger partial charge in [0.15, 0.2) is 0 Å². The molecule has 15 nitrogen and oxygen atoms in total. The molecule has 17 heteroatoms. The number of anilines is 1. The lowest BCUT2D eigenvalue weighted by Crippen LogP contribution is -2.49. The number of tetrazole rings is 1. The average molecular weight is 744 g/mol. The van der Waals surface area contributed by atoms with Crippen LogP contribution < -0.4 is 16.2 Å². The van der Waals surface area contributed by atoms with Gasteiger partial charge in [-0.05, 0) is 65.2 Å². The van der Waals surface area contributed by atoms with Gasteiger partial charge in [-0.2, -0.15) is 4.68 Å². The Bertz CT molecular complexity index is 2220. The van der Waals surface area contributed by atoms with Crippen molar-refractivity contribution in [3.63, 3.8) is 0 Å². The second-order valence-corrected chi connectivity index (χ2v) is 13.3. The van der Waals surface area contributed by atoms with E-state index >= 15 is 0 Å². The highest BCUT2D eigenvalue weighted by atomic mass is 35.5. The quantitative estimate of drug-likeness (QED) is 0.182. The van der Waals surface area contributed by atoms with Crippen molar-refractivity contribution in [3.8, 4) is 16.9 Å². The third-order valence-corrected chi connectivity index (χ3v) is 9.63. The van der Waals surface area contributed by atoms with Gasteiger partial charge in [-0.25, -0.2) is 9.78 Å². The molecule has 0 spiro atoms. The molecule has 0 saturated carbocycles. The van der Waals surface area contributed by atoms with E-state index in [1.807, 2.05) is 10.6 Å². The van der Waals surface area contributed by atoms with Gasteiger partial charge in [0.25, 0.3) is 5.56 Å². The predicted octanol–water partition coefficient (Wildman–Crippen LogP) is 4.61. The number of benzene rings is 2. The number of nitrogens with one attached hydrogen (secondary N) is 3. The number of hydrogen-bond donors (Lipinski definition) is 3. The highest BCUT2D eigenvalue weighted by Gasteiger charge is 2.37. The van der Waals surface area contributed by atoms with Crippen LogP contribution in [-0.2, 0) is 20.9 Å². The van der Waals surface area contributed by atoms with Crippen LogP contribution in [-0.4, -0.2) is 77.7 Å². The van der Waals surface area contributed by atoms with Crippen molar-refractivity contribution in [1.82, 2.24) is 45.0 Å². The summed E-state index contributed by atoms with van der Waals surface area (Å²) in [5, 5.41) is 17.5. The fraction of sp³-hybridized carbons (Fsp3) is 0.257. The number of carbonyl (C=O) groups is 3. The van der Waals surface area contributed by atoms with E-state index < -0.39 is 18.0 Å². The summed E-state index contributed by atoms with van der Waals surface area (Å²) in [5.41, 5.74) is 3.59. The van der Waals surface area contributed by atoms with Gasteiger partial charge in [-0.1, -0.05) is 41.4 Å². The van der Waals surface area contributed by atoms with Gasteiger partial charge in [0, 0.05) is 65.2 Å². The minimum Gasteiger partial charge on any atom is -0.453 e. The van der Waals surface area contributed by atoms with Crippen LogP contribution in [0.3, 0.4) is 0 Å². The van der Waals surface area contributed by atoms with Gasteiger partial charge >= 0.3 is 6.09 Å². The number of ether oxygens (including phenoxy) is 1. The van der Waals surface area contributed by atoms with Gasteiger partial charge in [0.05, 0.1) is 25.3 Å². The maximum absolute atomic E-state index is 14.0. The van der Waals surface area contributed by atoms with Crippen molar-refractivity contribution in [2.75, 3.05) is 25.5 Å². The maximum Gasteiger partial charge on any atom is 0.411 e. The van der Waals surface area contributed by atoms with E-state index in [1.54, 1.807) is 65.6 Å². The van der Waals surface area contributed by atoms with E-state index in [0.29, 0.717) is 52.9 Å². The number of likely N-dealkylation sites (tertiary alicyclic amines) is 1. The first-order chi connectivity index (χ1) is 25.1. The number of aromatic nitrogens is 7. The number of rotatable bonds is 9. The van der Waals surface area contributed by atoms with Crippen molar-refractivity contribution < 1.29 is 19.1 Å². The minimum absolute atomic E-state index is 0.0229. The van der Waals surface area contributed by atoms with Gasteiger partial charge in [-0.3, -0.25) is 19.7 Å². The molecule has 3 aromatic heterocycles. The standard InChI is InChI=1S/C35H32Cl2N10O5/c1-52-35(51)39-25-9-5-21(6-10-25)32-33(37)42-34(41-32)26(40-29(48)12-7-22-14-24(36)8-11-28(22)47-19-38-43-44-47)15-31(50)45-16-20-13-23(18-45)27-3-2-4-30(49)46(27)17-20/h2-12,14,19-20,23,26H,13,15-18H2,1H3,(H,39,51)(H,40,48)(H,41,42)/b12-7+/t20-,23+,26-/m0/s1. The first-order valence-electron chi connectivity index (χ1n) is 16.3. The summed E-state index contributed by atoms with van der Waals surface area (Å²) in [4.78, 5) is 61.3. The number of nitrogens with zero attached hydrogens (tertiary/aromatic N) is 7. The Morgan fingerprint density at radius 3 is 2.67 bits per heavy atom. The van der Waals surface area contributed by atoms with Gasteiger partial charge < -0.3 is 24.5 Å². The fourth-order valence-corrected chi connectivity index (χ4v) is 7.18. The Balaban J connectivity index is 1.15. The Morgan fingerprint density at radius 2 is 1.90 bits per heavy atom. The van der Waals surface area contributed by atoms with E-state index in [2.05, 4.69) is 35.9 Å². The molecule has 5 aromatic rings. The topological polar surface area (TPSA) is 182 Å². The SMILES string of the molecule is COC(=O)Nc1ccc(-c2nc([C@H](CC(=O)N3C[C@@H]4C[C@H](C3)c3cccc(=O)n3C4)NC(=O)/C=C/c3cc(Cl)ccc3-n3cnnn3)[nH]c2Cl)cc1. The molecular weight excluding hydrogens is 711 g/mol. The number of H-pyrrole nitrogens is 1. The smallest absolute Gasteiger partial charge is 0.411 e. The first kappa shape index (κ1) is 34.6. The molecule has 3 amide bonds. The third kappa shape index (κ3) is 7.45. The Morgan fingerprint density at radius 1 is 1.08 bits per heavy atom. The van der Waals surface area contributed by atoms with Crippen LogP contribution in [0, 0.1) is 5.92 Å². The number of hydrogen-bond acceptors (Lipinski definition) is 9. The van der Waals surface area contributed by atoms with Crippen LogP contribution in [0.5, 0.6) is 0 Å². The average Bonchev–Trinajstić information content (AvgIpc) is 3.81. The van der Waals surface area contributed by atoms with Crippen molar-refractivity contribution in [2.24, 2.45) is 5.92 Å². The van der Waals surface area contributed by atoms with Crippen LogP contribution in [0.2, 0.25) is 10.2 Å². The summed E-state index contributed by atoms with van der Waals surface area (Å²) in [6.45, 7) is 1.48. The van der Waals surface area contributed by atoms with Gasteiger partial charge in [0.1, 0.15) is 23.0 Å². The molecule has 3 atom stereocenters. The summed E-state index contributed by atoms with van der Waals surface area (Å²) < 4.78 is 7.91. The molecule has 5 heterocycles. The van der Waals surface area contributed by atoms with E-state index in [0.717, 1.165) is 12.1 Å². The number of methoxy groups -OCH3 is 1. The Kier molecular flexibility index (Phi) is 9.87. The fourth-order valence-electron chi connectivity index (χ4n) is 6.75. The number of aromatic amines is 1. The van der Waals surface area contributed by atoms with Crippen molar-refractivity contribution in [1.29, 1.82) is 0 Å². The largest absolute Gasteiger partial charge is 0.453 e. The van der Waals surface area contributed by atoms with E-state index in [-0.39, 0.29) is 40.7 Å². The highest BCUT2D eigenvalue weighted by Crippen LogP contribution is 2.36. The van der Waals surface area contributed by atoms with E-state index in [9.17, 15) is 19.2 Å². The summed E-state index contributed by atoms with van der Waals surface area (Å²) in [6.07, 6.45) is 4.50. The predicted molar refractivity (Wildman–Crippen MR) is 192 cm³/mol.